The Morgan fingerprint density at radius 3 is 1.52 bits per heavy atom. The highest BCUT2D eigenvalue weighted by atomic mass is 79.9. The monoisotopic (exact) mass is 440 g/mol. The Hall–Kier alpha value is 0.580. The molecule has 0 spiro atoms. The van der Waals surface area contributed by atoms with Gasteiger partial charge < -0.3 is 10.2 Å². The lowest BCUT2D eigenvalue weighted by molar-refractivity contribution is 0.166. The van der Waals surface area contributed by atoms with Crippen LogP contribution in [0.1, 0.15) is 87.2 Å². The van der Waals surface area contributed by atoms with Crippen LogP contribution in [0, 0.1) is 0 Å². The van der Waals surface area contributed by atoms with E-state index in [4.69, 9.17) is 0 Å². The molecular formula is C16H26Br2O2S. The molecule has 0 radical (unpaired) electrons. The fourth-order valence-corrected chi connectivity index (χ4v) is 5.12. The normalized spacial score (nSPS) is 14.4. The summed E-state index contributed by atoms with van der Waals surface area (Å²) in [5.41, 5.74) is 0. The summed E-state index contributed by atoms with van der Waals surface area (Å²) in [6.07, 6.45) is 7.36. The molecule has 21 heavy (non-hydrogen) atoms. The SMILES string of the molecule is CCCCCC(O)c1sc(C(O)CCCCC)c(Br)c1Br. The highest BCUT2D eigenvalue weighted by Crippen LogP contribution is 2.45. The molecule has 2 unspecified atom stereocenters. The molecule has 0 saturated carbocycles. The first-order valence-electron chi connectivity index (χ1n) is 7.86. The quantitative estimate of drug-likeness (QED) is 0.406. The first-order chi connectivity index (χ1) is 10.0. The van der Waals surface area contributed by atoms with Gasteiger partial charge in [-0.05, 0) is 44.7 Å². The Bertz CT molecular complexity index is 384. The average Bonchev–Trinajstić information content (AvgIpc) is 2.76. The Balaban J connectivity index is 2.73. The maximum Gasteiger partial charge on any atom is 0.0893 e. The Labute approximate surface area is 149 Å². The molecule has 0 aliphatic carbocycles. The summed E-state index contributed by atoms with van der Waals surface area (Å²) in [5, 5.41) is 20.7. The maximum atomic E-state index is 10.3. The molecule has 2 nitrogen and oxygen atoms in total. The fraction of sp³-hybridized carbons (Fsp3) is 0.750. The van der Waals surface area contributed by atoms with Gasteiger partial charge in [-0.3, -0.25) is 0 Å². The zero-order valence-electron chi connectivity index (χ0n) is 12.9. The second-order valence-electron chi connectivity index (χ2n) is 5.48. The Morgan fingerprint density at radius 1 is 0.810 bits per heavy atom. The predicted molar refractivity (Wildman–Crippen MR) is 97.9 cm³/mol. The lowest BCUT2D eigenvalue weighted by atomic mass is 10.1. The molecule has 0 aliphatic heterocycles. The molecule has 1 aromatic rings. The molecular weight excluding hydrogens is 416 g/mol. The zero-order valence-corrected chi connectivity index (χ0v) is 16.9. The summed E-state index contributed by atoms with van der Waals surface area (Å²) in [6, 6.07) is 0. The van der Waals surface area contributed by atoms with Crippen LogP contribution in [0.25, 0.3) is 0 Å². The summed E-state index contributed by atoms with van der Waals surface area (Å²) in [6.45, 7) is 4.32. The first kappa shape index (κ1) is 19.6. The van der Waals surface area contributed by atoms with E-state index < -0.39 is 12.2 Å². The van der Waals surface area contributed by atoms with Crippen LogP contribution in [0.15, 0.2) is 8.95 Å². The van der Waals surface area contributed by atoms with Crippen molar-refractivity contribution >= 4 is 43.2 Å². The van der Waals surface area contributed by atoms with Crippen molar-refractivity contribution in [3.8, 4) is 0 Å². The van der Waals surface area contributed by atoms with Crippen molar-refractivity contribution in [1.82, 2.24) is 0 Å². The third kappa shape index (κ3) is 5.94. The average molecular weight is 442 g/mol. The molecule has 0 bridgehead atoms. The third-order valence-electron chi connectivity index (χ3n) is 3.61. The number of unbranched alkanes of at least 4 members (excludes halogenated alkanes) is 4. The van der Waals surface area contributed by atoms with Crippen LogP contribution < -0.4 is 0 Å². The number of aliphatic hydroxyl groups is 2. The van der Waals surface area contributed by atoms with E-state index in [0.29, 0.717) is 0 Å². The van der Waals surface area contributed by atoms with Gasteiger partial charge in [0.1, 0.15) is 0 Å². The highest BCUT2D eigenvalue weighted by molar-refractivity contribution is 9.13. The van der Waals surface area contributed by atoms with Gasteiger partial charge in [0.15, 0.2) is 0 Å². The summed E-state index contributed by atoms with van der Waals surface area (Å²) < 4.78 is 1.81. The van der Waals surface area contributed by atoms with E-state index in [1.54, 1.807) is 0 Å². The second-order valence-corrected chi connectivity index (χ2v) is 8.15. The van der Waals surface area contributed by atoms with Crippen molar-refractivity contribution < 1.29 is 10.2 Å². The van der Waals surface area contributed by atoms with Crippen molar-refractivity contribution in [3.05, 3.63) is 18.7 Å². The lowest BCUT2D eigenvalue weighted by Gasteiger charge is -2.09. The van der Waals surface area contributed by atoms with Crippen LogP contribution in [-0.2, 0) is 0 Å². The molecule has 1 rings (SSSR count). The Morgan fingerprint density at radius 2 is 1.19 bits per heavy atom. The molecule has 0 fully saturated rings. The highest BCUT2D eigenvalue weighted by Gasteiger charge is 2.23. The molecule has 1 aromatic heterocycles. The fourth-order valence-electron chi connectivity index (χ4n) is 2.29. The molecule has 5 heteroatoms. The number of hydrogen-bond donors (Lipinski definition) is 2. The topological polar surface area (TPSA) is 40.5 Å². The number of aliphatic hydroxyl groups excluding tert-OH is 2. The van der Waals surface area contributed by atoms with E-state index in [-0.39, 0.29) is 0 Å². The Kier molecular flexibility index (Phi) is 9.69. The summed E-state index contributed by atoms with van der Waals surface area (Å²) in [5.74, 6) is 0. The summed E-state index contributed by atoms with van der Waals surface area (Å²) in [4.78, 5) is 1.87. The van der Waals surface area contributed by atoms with Gasteiger partial charge in [-0.25, -0.2) is 0 Å². The lowest BCUT2D eigenvalue weighted by Crippen LogP contribution is -1.95. The number of thiophene rings is 1. The molecule has 0 aliphatic rings. The van der Waals surface area contributed by atoms with Gasteiger partial charge in [0.25, 0.3) is 0 Å². The van der Waals surface area contributed by atoms with E-state index in [1.807, 2.05) is 0 Å². The minimum absolute atomic E-state index is 0.441. The van der Waals surface area contributed by atoms with Crippen molar-refractivity contribution in [1.29, 1.82) is 0 Å². The smallest absolute Gasteiger partial charge is 0.0893 e. The number of rotatable bonds is 10. The zero-order chi connectivity index (χ0) is 15.8. The largest absolute Gasteiger partial charge is 0.388 e. The van der Waals surface area contributed by atoms with E-state index in [2.05, 4.69) is 45.7 Å². The number of halogens is 2. The molecule has 0 aromatic carbocycles. The molecule has 2 N–H and O–H groups in total. The second kappa shape index (κ2) is 10.4. The van der Waals surface area contributed by atoms with Crippen LogP contribution in [0.2, 0.25) is 0 Å². The van der Waals surface area contributed by atoms with Gasteiger partial charge >= 0.3 is 0 Å². The van der Waals surface area contributed by atoms with Gasteiger partial charge in [0.05, 0.1) is 12.2 Å². The van der Waals surface area contributed by atoms with E-state index in [9.17, 15) is 10.2 Å². The van der Waals surface area contributed by atoms with Gasteiger partial charge in [0, 0.05) is 18.7 Å². The van der Waals surface area contributed by atoms with Crippen LogP contribution in [0.4, 0.5) is 0 Å². The molecule has 1 heterocycles. The van der Waals surface area contributed by atoms with Crippen LogP contribution in [0.3, 0.4) is 0 Å². The van der Waals surface area contributed by atoms with E-state index in [0.717, 1.165) is 70.1 Å². The third-order valence-corrected chi connectivity index (χ3v) is 7.71. The van der Waals surface area contributed by atoms with Crippen LogP contribution >= 0.6 is 43.2 Å². The molecule has 0 saturated heterocycles. The van der Waals surface area contributed by atoms with Crippen LogP contribution in [-0.4, -0.2) is 10.2 Å². The minimum Gasteiger partial charge on any atom is -0.388 e. The molecule has 0 amide bonds. The van der Waals surface area contributed by atoms with Crippen molar-refractivity contribution in [2.24, 2.45) is 0 Å². The summed E-state index contributed by atoms with van der Waals surface area (Å²) in [7, 11) is 0. The molecule has 2 atom stereocenters. The van der Waals surface area contributed by atoms with Gasteiger partial charge in [-0.15, -0.1) is 11.3 Å². The number of hydrogen-bond acceptors (Lipinski definition) is 3. The minimum atomic E-state index is -0.441. The van der Waals surface area contributed by atoms with Gasteiger partial charge in [-0.2, -0.15) is 0 Å². The van der Waals surface area contributed by atoms with Crippen LogP contribution in [0.5, 0.6) is 0 Å². The van der Waals surface area contributed by atoms with Crippen molar-refractivity contribution in [2.45, 2.75) is 77.4 Å². The van der Waals surface area contributed by atoms with Gasteiger partial charge in [0.2, 0.25) is 0 Å². The maximum absolute atomic E-state index is 10.3. The van der Waals surface area contributed by atoms with Gasteiger partial charge in [-0.1, -0.05) is 52.4 Å². The first-order valence-corrected chi connectivity index (χ1v) is 10.3. The van der Waals surface area contributed by atoms with Crippen molar-refractivity contribution in [3.63, 3.8) is 0 Å². The predicted octanol–water partition coefficient (Wildman–Crippen LogP) is 6.50. The summed E-state index contributed by atoms with van der Waals surface area (Å²) >= 11 is 8.63. The van der Waals surface area contributed by atoms with E-state index >= 15 is 0 Å². The molecule has 122 valence electrons. The standard InChI is InChI=1S/C16H26Br2O2S/c1-3-5-7-9-11(19)15-13(17)14(18)16(21-15)12(20)10-8-6-4-2/h11-12,19-20H,3-10H2,1-2H3. The van der Waals surface area contributed by atoms with Crippen molar-refractivity contribution in [2.75, 3.05) is 0 Å². The van der Waals surface area contributed by atoms with E-state index in [1.165, 1.54) is 11.3 Å².